The van der Waals surface area contributed by atoms with Crippen LogP contribution < -0.4 is 5.32 Å². The fraction of sp³-hybridized carbons (Fsp3) is 0.571. The van der Waals surface area contributed by atoms with E-state index in [9.17, 15) is 10.1 Å². The predicted octanol–water partition coefficient (Wildman–Crippen LogP) is 3.16. The molecule has 18 heavy (non-hydrogen) atoms. The average Bonchev–Trinajstić information content (AvgIpc) is 2.27. The fourth-order valence-electron chi connectivity index (χ4n) is 1.61. The molecule has 0 amide bonds. The van der Waals surface area contributed by atoms with Gasteiger partial charge in [0.25, 0.3) is 5.69 Å². The Morgan fingerprint density at radius 1 is 1.17 bits per heavy atom. The highest BCUT2D eigenvalue weighted by Crippen LogP contribution is 2.17. The van der Waals surface area contributed by atoms with Gasteiger partial charge in [0.1, 0.15) is 0 Å². The van der Waals surface area contributed by atoms with E-state index < -0.39 is 0 Å². The molecule has 0 atom stereocenters. The van der Waals surface area contributed by atoms with E-state index in [1.165, 1.54) is 0 Å². The normalized spacial score (nSPS) is 11.5. The van der Waals surface area contributed by atoms with E-state index in [1.54, 1.807) is 12.1 Å². The third kappa shape index (κ3) is 5.77. The summed E-state index contributed by atoms with van der Waals surface area (Å²) < 4.78 is 0. The topological polar surface area (TPSA) is 55.2 Å². The molecule has 1 aromatic carbocycles. The Morgan fingerprint density at radius 3 is 2.28 bits per heavy atom. The molecule has 0 heterocycles. The van der Waals surface area contributed by atoms with E-state index >= 15 is 0 Å². The van der Waals surface area contributed by atoms with Crippen LogP contribution in [0.25, 0.3) is 0 Å². The third-order valence-corrected chi connectivity index (χ3v) is 2.79. The second-order valence-corrected chi connectivity index (χ2v) is 5.73. The van der Waals surface area contributed by atoms with Crippen LogP contribution in [0, 0.1) is 15.5 Å². The number of nitro groups is 1. The van der Waals surface area contributed by atoms with Crippen LogP contribution in [-0.4, -0.2) is 18.0 Å². The summed E-state index contributed by atoms with van der Waals surface area (Å²) in [5.74, 6) is 0. The number of hydrogen-bond acceptors (Lipinski definition) is 3. The number of nitro benzene ring substituents is 1. The smallest absolute Gasteiger partial charge is 0.269 e. The average molecular weight is 250 g/mol. The molecule has 4 heteroatoms. The van der Waals surface area contributed by atoms with Gasteiger partial charge < -0.3 is 5.32 Å². The first-order valence-electron chi connectivity index (χ1n) is 6.32. The zero-order valence-corrected chi connectivity index (χ0v) is 11.4. The molecule has 0 unspecified atom stereocenters. The first kappa shape index (κ1) is 14.6. The highest BCUT2D eigenvalue weighted by Gasteiger charge is 2.08. The van der Waals surface area contributed by atoms with E-state index in [4.69, 9.17) is 0 Å². The zero-order chi connectivity index (χ0) is 13.6. The standard InChI is InChI=1S/C14H22N2O2/c1-14(2,3)9-11-15-10-8-12-4-6-13(7-5-12)16(17)18/h4-7,15H,8-11H2,1-3H3. The van der Waals surface area contributed by atoms with Gasteiger partial charge in [-0.1, -0.05) is 32.9 Å². The molecule has 0 aliphatic heterocycles. The fourth-order valence-corrected chi connectivity index (χ4v) is 1.61. The summed E-state index contributed by atoms with van der Waals surface area (Å²) in [6, 6.07) is 6.77. The summed E-state index contributed by atoms with van der Waals surface area (Å²) >= 11 is 0. The van der Waals surface area contributed by atoms with E-state index in [-0.39, 0.29) is 10.6 Å². The third-order valence-electron chi connectivity index (χ3n) is 2.79. The summed E-state index contributed by atoms with van der Waals surface area (Å²) in [6.07, 6.45) is 2.05. The quantitative estimate of drug-likeness (QED) is 0.479. The van der Waals surface area contributed by atoms with Crippen molar-refractivity contribution >= 4 is 5.69 Å². The number of hydrogen-bond donors (Lipinski definition) is 1. The van der Waals surface area contributed by atoms with Crippen molar-refractivity contribution in [1.29, 1.82) is 0 Å². The minimum Gasteiger partial charge on any atom is -0.316 e. The molecule has 0 fully saturated rings. The van der Waals surface area contributed by atoms with Crippen LogP contribution in [0.1, 0.15) is 32.8 Å². The van der Waals surface area contributed by atoms with E-state index in [2.05, 4.69) is 26.1 Å². The Hall–Kier alpha value is -1.42. The van der Waals surface area contributed by atoms with Gasteiger partial charge in [-0.3, -0.25) is 10.1 Å². The Labute approximate surface area is 109 Å². The van der Waals surface area contributed by atoms with Crippen molar-refractivity contribution in [2.75, 3.05) is 13.1 Å². The molecule has 0 radical (unpaired) electrons. The minimum absolute atomic E-state index is 0.152. The van der Waals surface area contributed by atoms with Gasteiger partial charge >= 0.3 is 0 Å². The Morgan fingerprint density at radius 2 is 1.78 bits per heavy atom. The number of nitrogens with zero attached hydrogens (tertiary/aromatic N) is 1. The summed E-state index contributed by atoms with van der Waals surface area (Å²) in [5, 5.41) is 13.9. The van der Waals surface area contributed by atoms with Gasteiger partial charge in [-0.2, -0.15) is 0 Å². The molecule has 4 nitrogen and oxygen atoms in total. The predicted molar refractivity (Wildman–Crippen MR) is 73.7 cm³/mol. The molecule has 1 aromatic rings. The lowest BCUT2D eigenvalue weighted by molar-refractivity contribution is -0.384. The Balaban J connectivity index is 2.25. The maximum atomic E-state index is 10.5. The lowest BCUT2D eigenvalue weighted by atomic mass is 9.92. The van der Waals surface area contributed by atoms with Crippen LogP contribution >= 0.6 is 0 Å². The molecule has 0 aliphatic rings. The minimum atomic E-state index is -0.370. The summed E-state index contributed by atoms with van der Waals surface area (Å²) in [7, 11) is 0. The van der Waals surface area contributed by atoms with Gasteiger partial charge in [0, 0.05) is 12.1 Å². The van der Waals surface area contributed by atoms with E-state index in [1.807, 2.05) is 12.1 Å². The SMILES string of the molecule is CC(C)(C)CCNCCc1ccc([N+](=O)[O-])cc1. The van der Waals surface area contributed by atoms with Gasteiger partial charge in [-0.25, -0.2) is 0 Å². The highest BCUT2D eigenvalue weighted by molar-refractivity contribution is 5.32. The number of benzene rings is 1. The van der Waals surface area contributed by atoms with Gasteiger partial charge in [0.15, 0.2) is 0 Å². The van der Waals surface area contributed by atoms with Crippen molar-refractivity contribution in [2.24, 2.45) is 5.41 Å². The van der Waals surface area contributed by atoms with Crippen molar-refractivity contribution < 1.29 is 4.92 Å². The molecular weight excluding hydrogens is 228 g/mol. The molecule has 1 N–H and O–H groups in total. The van der Waals surface area contributed by atoms with Crippen molar-refractivity contribution in [3.8, 4) is 0 Å². The van der Waals surface area contributed by atoms with Gasteiger partial charge in [0.2, 0.25) is 0 Å². The number of non-ortho nitro benzene ring substituents is 1. The second kappa shape index (κ2) is 6.50. The maximum Gasteiger partial charge on any atom is 0.269 e. The summed E-state index contributed by atoms with van der Waals surface area (Å²) in [4.78, 5) is 10.1. The molecule has 0 saturated heterocycles. The maximum absolute atomic E-state index is 10.5. The molecule has 0 aliphatic carbocycles. The van der Waals surface area contributed by atoms with Crippen LogP contribution in [-0.2, 0) is 6.42 Å². The van der Waals surface area contributed by atoms with Crippen LogP contribution in [0.5, 0.6) is 0 Å². The van der Waals surface area contributed by atoms with E-state index in [0.717, 1.165) is 31.5 Å². The molecular formula is C14H22N2O2. The van der Waals surface area contributed by atoms with Crippen LogP contribution in [0.15, 0.2) is 24.3 Å². The molecule has 0 aromatic heterocycles. The van der Waals surface area contributed by atoms with Gasteiger partial charge in [0.05, 0.1) is 4.92 Å². The Bertz CT molecular complexity index is 380. The molecule has 0 bridgehead atoms. The summed E-state index contributed by atoms with van der Waals surface area (Å²) in [5.41, 5.74) is 1.64. The van der Waals surface area contributed by atoms with Crippen molar-refractivity contribution in [1.82, 2.24) is 5.32 Å². The lowest BCUT2D eigenvalue weighted by Gasteiger charge is -2.18. The van der Waals surface area contributed by atoms with Crippen molar-refractivity contribution in [3.63, 3.8) is 0 Å². The monoisotopic (exact) mass is 250 g/mol. The highest BCUT2D eigenvalue weighted by atomic mass is 16.6. The first-order valence-corrected chi connectivity index (χ1v) is 6.32. The van der Waals surface area contributed by atoms with Crippen LogP contribution in [0.4, 0.5) is 5.69 Å². The zero-order valence-electron chi connectivity index (χ0n) is 11.4. The molecule has 0 saturated carbocycles. The largest absolute Gasteiger partial charge is 0.316 e. The molecule has 100 valence electrons. The van der Waals surface area contributed by atoms with E-state index in [0.29, 0.717) is 5.41 Å². The van der Waals surface area contributed by atoms with Crippen LogP contribution in [0.3, 0.4) is 0 Å². The number of nitrogens with one attached hydrogen (secondary N) is 1. The molecule has 0 spiro atoms. The van der Waals surface area contributed by atoms with Crippen LogP contribution in [0.2, 0.25) is 0 Å². The molecule has 1 rings (SSSR count). The summed E-state index contributed by atoms with van der Waals surface area (Å²) in [6.45, 7) is 8.60. The van der Waals surface area contributed by atoms with Gasteiger partial charge in [-0.05, 0) is 36.9 Å². The van der Waals surface area contributed by atoms with Gasteiger partial charge in [-0.15, -0.1) is 0 Å². The second-order valence-electron chi connectivity index (χ2n) is 5.73. The Kier molecular flexibility index (Phi) is 5.28. The van der Waals surface area contributed by atoms with Crippen molar-refractivity contribution in [3.05, 3.63) is 39.9 Å². The lowest BCUT2D eigenvalue weighted by Crippen LogP contribution is -2.22. The number of rotatable bonds is 6. The first-order chi connectivity index (χ1) is 8.38. The van der Waals surface area contributed by atoms with Crippen molar-refractivity contribution in [2.45, 2.75) is 33.6 Å².